The molecule has 0 aliphatic carbocycles. The number of carbonyl (C=O) groups is 1. The number of alkyl halides is 3. The minimum Gasteiger partial charge on any atom is -0.466 e. The summed E-state index contributed by atoms with van der Waals surface area (Å²) in [5.41, 5.74) is -2.16. The molecule has 0 fully saturated rings. The fraction of sp³-hybridized carbons (Fsp3) is 0.571. The average molecular weight is 218 g/mol. The molecule has 0 rings (SSSR count). The lowest BCUT2D eigenvalue weighted by Crippen LogP contribution is -2.17. The molecule has 0 aromatic rings. The van der Waals surface area contributed by atoms with E-state index >= 15 is 0 Å². The maximum Gasteiger partial charge on any atom is 0.418 e. The first-order valence-corrected chi connectivity index (χ1v) is 3.56. The summed E-state index contributed by atoms with van der Waals surface area (Å²) in [5.74, 6) is -1.33. The third-order valence-electron chi connectivity index (χ3n) is 1.20. The van der Waals surface area contributed by atoms with Crippen LogP contribution in [0.25, 0.3) is 0 Å². The lowest BCUT2D eigenvalue weighted by Gasteiger charge is -2.09. The van der Waals surface area contributed by atoms with Crippen LogP contribution in [0.15, 0.2) is 11.7 Å². The standard InChI is InChI=1S/C7H7F5O2/c1-2-14-5(13)3-4(6(8)9)7(10,11)12/h2-3H2,1H3. The Morgan fingerprint density at radius 3 is 2.07 bits per heavy atom. The quantitative estimate of drug-likeness (QED) is 0.537. The summed E-state index contributed by atoms with van der Waals surface area (Å²) in [6, 6.07) is 0. The summed E-state index contributed by atoms with van der Waals surface area (Å²) in [5, 5.41) is 0. The van der Waals surface area contributed by atoms with Crippen LogP contribution < -0.4 is 0 Å². The minimum absolute atomic E-state index is 0.155. The van der Waals surface area contributed by atoms with Crippen molar-refractivity contribution < 1.29 is 31.5 Å². The molecule has 0 N–H and O–H groups in total. The summed E-state index contributed by atoms with van der Waals surface area (Å²) >= 11 is 0. The summed E-state index contributed by atoms with van der Waals surface area (Å²) in [7, 11) is 0. The third kappa shape index (κ3) is 4.20. The highest BCUT2D eigenvalue weighted by Crippen LogP contribution is 2.31. The smallest absolute Gasteiger partial charge is 0.418 e. The van der Waals surface area contributed by atoms with E-state index in [0.29, 0.717) is 0 Å². The number of hydrogen-bond donors (Lipinski definition) is 0. The van der Waals surface area contributed by atoms with E-state index in [0.717, 1.165) is 0 Å². The van der Waals surface area contributed by atoms with E-state index < -0.39 is 30.2 Å². The molecule has 0 atom stereocenters. The predicted octanol–water partition coefficient (Wildman–Crippen LogP) is 2.65. The van der Waals surface area contributed by atoms with Gasteiger partial charge in [-0.15, -0.1) is 0 Å². The average Bonchev–Trinajstić information content (AvgIpc) is 1.98. The number of halogens is 5. The van der Waals surface area contributed by atoms with Gasteiger partial charge in [0.25, 0.3) is 6.08 Å². The summed E-state index contributed by atoms with van der Waals surface area (Å²) in [6.45, 7) is 1.21. The molecule has 0 bridgehead atoms. The van der Waals surface area contributed by atoms with Crippen LogP contribution in [0, 0.1) is 0 Å². The maximum atomic E-state index is 11.8. The molecule has 0 saturated carbocycles. The minimum atomic E-state index is -5.20. The molecule has 0 spiro atoms. The third-order valence-corrected chi connectivity index (χ3v) is 1.20. The summed E-state index contributed by atoms with van der Waals surface area (Å²) in [4.78, 5) is 10.5. The topological polar surface area (TPSA) is 26.3 Å². The summed E-state index contributed by atoms with van der Waals surface area (Å²) < 4.78 is 63.1. The maximum absolute atomic E-state index is 11.8. The van der Waals surface area contributed by atoms with E-state index in [2.05, 4.69) is 4.74 Å². The summed E-state index contributed by atoms with van der Waals surface area (Å²) in [6.07, 6.45) is -9.57. The second kappa shape index (κ2) is 4.92. The van der Waals surface area contributed by atoms with E-state index in [9.17, 15) is 26.7 Å². The highest BCUT2D eigenvalue weighted by atomic mass is 19.4. The van der Waals surface area contributed by atoms with E-state index in [-0.39, 0.29) is 6.61 Å². The van der Waals surface area contributed by atoms with Crippen molar-refractivity contribution >= 4 is 5.97 Å². The molecule has 2 nitrogen and oxygen atoms in total. The van der Waals surface area contributed by atoms with Crippen molar-refractivity contribution in [1.29, 1.82) is 0 Å². The Bertz CT molecular complexity index is 239. The number of carbonyl (C=O) groups excluding carboxylic acids is 1. The van der Waals surface area contributed by atoms with Gasteiger partial charge in [0.15, 0.2) is 0 Å². The fourth-order valence-corrected chi connectivity index (χ4v) is 0.631. The lowest BCUT2D eigenvalue weighted by molar-refractivity contribution is -0.146. The van der Waals surface area contributed by atoms with Gasteiger partial charge in [0.05, 0.1) is 13.0 Å². The van der Waals surface area contributed by atoms with Gasteiger partial charge in [0.2, 0.25) is 0 Å². The fourth-order valence-electron chi connectivity index (χ4n) is 0.631. The lowest BCUT2D eigenvalue weighted by atomic mass is 10.2. The van der Waals surface area contributed by atoms with Gasteiger partial charge < -0.3 is 4.74 Å². The molecule has 0 unspecified atom stereocenters. The first-order chi connectivity index (χ1) is 6.29. The van der Waals surface area contributed by atoms with Gasteiger partial charge in [-0.05, 0) is 6.92 Å². The van der Waals surface area contributed by atoms with Crippen LogP contribution in [-0.2, 0) is 9.53 Å². The molecule has 14 heavy (non-hydrogen) atoms. The Morgan fingerprint density at radius 2 is 1.79 bits per heavy atom. The van der Waals surface area contributed by atoms with Crippen LogP contribution >= 0.6 is 0 Å². The number of ether oxygens (including phenoxy) is 1. The molecule has 0 saturated heterocycles. The molecule has 0 radical (unpaired) electrons. The molecule has 7 heteroatoms. The molecule has 82 valence electrons. The number of rotatable bonds is 3. The van der Waals surface area contributed by atoms with Gasteiger partial charge in [-0.3, -0.25) is 4.79 Å². The van der Waals surface area contributed by atoms with Crippen LogP contribution in [0.2, 0.25) is 0 Å². The Kier molecular flexibility index (Phi) is 4.52. The highest BCUT2D eigenvalue weighted by Gasteiger charge is 2.39. The van der Waals surface area contributed by atoms with Gasteiger partial charge >= 0.3 is 12.1 Å². The van der Waals surface area contributed by atoms with Crippen molar-refractivity contribution in [3.8, 4) is 0 Å². The van der Waals surface area contributed by atoms with Crippen molar-refractivity contribution in [2.75, 3.05) is 6.61 Å². The molecule has 0 aliphatic heterocycles. The van der Waals surface area contributed by atoms with Gasteiger partial charge in [-0.25, -0.2) is 0 Å². The molecule has 0 amide bonds. The van der Waals surface area contributed by atoms with E-state index in [4.69, 9.17) is 0 Å². The zero-order valence-corrected chi connectivity index (χ0v) is 7.12. The van der Waals surface area contributed by atoms with Gasteiger partial charge in [0.1, 0.15) is 5.57 Å². The first kappa shape index (κ1) is 12.9. The van der Waals surface area contributed by atoms with Gasteiger partial charge in [-0.2, -0.15) is 22.0 Å². The molecular formula is C7H7F5O2. The Hall–Kier alpha value is -1.14. The number of hydrogen-bond acceptors (Lipinski definition) is 2. The molecule has 0 aromatic carbocycles. The van der Waals surface area contributed by atoms with Crippen molar-refractivity contribution in [2.24, 2.45) is 0 Å². The zero-order chi connectivity index (χ0) is 11.4. The largest absolute Gasteiger partial charge is 0.466 e. The highest BCUT2D eigenvalue weighted by molar-refractivity contribution is 5.72. The normalized spacial score (nSPS) is 11.0. The molecular weight excluding hydrogens is 211 g/mol. The van der Waals surface area contributed by atoms with Crippen molar-refractivity contribution in [2.45, 2.75) is 19.5 Å². The second-order valence-corrected chi connectivity index (χ2v) is 2.22. The van der Waals surface area contributed by atoms with Gasteiger partial charge in [-0.1, -0.05) is 0 Å². The van der Waals surface area contributed by atoms with Crippen molar-refractivity contribution in [3.05, 3.63) is 11.7 Å². The van der Waals surface area contributed by atoms with Gasteiger partial charge in [0, 0.05) is 0 Å². The van der Waals surface area contributed by atoms with Crippen LogP contribution in [0.3, 0.4) is 0 Å². The van der Waals surface area contributed by atoms with Crippen LogP contribution in [0.5, 0.6) is 0 Å². The van der Waals surface area contributed by atoms with Crippen LogP contribution in [-0.4, -0.2) is 18.8 Å². The molecule has 0 aliphatic rings. The molecule has 0 heterocycles. The SMILES string of the molecule is CCOC(=O)CC(=C(F)F)C(F)(F)F. The van der Waals surface area contributed by atoms with Crippen LogP contribution in [0.1, 0.15) is 13.3 Å². The number of esters is 1. The Balaban J connectivity index is 4.59. The van der Waals surface area contributed by atoms with Crippen molar-refractivity contribution in [1.82, 2.24) is 0 Å². The predicted molar refractivity (Wildman–Crippen MR) is 36.5 cm³/mol. The second-order valence-electron chi connectivity index (χ2n) is 2.22. The van der Waals surface area contributed by atoms with Crippen LogP contribution in [0.4, 0.5) is 22.0 Å². The zero-order valence-electron chi connectivity index (χ0n) is 7.12. The van der Waals surface area contributed by atoms with E-state index in [1.54, 1.807) is 0 Å². The molecule has 0 aromatic heterocycles. The van der Waals surface area contributed by atoms with Crippen molar-refractivity contribution in [3.63, 3.8) is 0 Å². The Morgan fingerprint density at radius 1 is 1.29 bits per heavy atom. The first-order valence-electron chi connectivity index (χ1n) is 3.56. The Labute approximate surface area is 76.3 Å². The van der Waals surface area contributed by atoms with E-state index in [1.165, 1.54) is 6.92 Å². The van der Waals surface area contributed by atoms with E-state index in [1.807, 2.05) is 0 Å². The monoisotopic (exact) mass is 218 g/mol.